The van der Waals surface area contributed by atoms with Crippen LogP contribution in [0.5, 0.6) is 0 Å². The molecule has 108 valence electrons. The average Bonchev–Trinajstić information content (AvgIpc) is 2.46. The van der Waals surface area contributed by atoms with E-state index in [2.05, 4.69) is 63.2 Å². The van der Waals surface area contributed by atoms with E-state index in [0.29, 0.717) is 5.92 Å². The van der Waals surface area contributed by atoms with Gasteiger partial charge in [0.2, 0.25) is 0 Å². The summed E-state index contributed by atoms with van der Waals surface area (Å²) in [4.78, 5) is 0. The fourth-order valence-corrected chi connectivity index (χ4v) is 2.88. The third-order valence-electron chi connectivity index (χ3n) is 4.26. The molecule has 0 aliphatic heterocycles. The van der Waals surface area contributed by atoms with E-state index in [1.807, 2.05) is 0 Å². The van der Waals surface area contributed by atoms with E-state index in [4.69, 9.17) is 7.85 Å². The van der Waals surface area contributed by atoms with Gasteiger partial charge in [-0.1, -0.05) is 72.9 Å². The Labute approximate surface area is 131 Å². The van der Waals surface area contributed by atoms with Crippen LogP contribution in [-0.4, -0.2) is 7.85 Å². The van der Waals surface area contributed by atoms with Crippen molar-refractivity contribution >= 4 is 13.3 Å². The first kappa shape index (κ1) is 15.9. The van der Waals surface area contributed by atoms with Crippen molar-refractivity contribution in [3.63, 3.8) is 0 Å². The van der Waals surface area contributed by atoms with Crippen molar-refractivity contribution in [1.29, 1.82) is 0 Å². The van der Waals surface area contributed by atoms with E-state index in [1.165, 1.54) is 35.1 Å². The summed E-state index contributed by atoms with van der Waals surface area (Å²) < 4.78 is 0. The minimum atomic E-state index is 0.497. The molecular weight excluding hydrogens is 251 g/mol. The fourth-order valence-electron chi connectivity index (χ4n) is 2.88. The topological polar surface area (TPSA) is 0 Å². The highest BCUT2D eigenvalue weighted by Crippen LogP contribution is 2.15. The molecule has 2 aromatic carbocycles. The van der Waals surface area contributed by atoms with Crippen LogP contribution in [0.3, 0.4) is 0 Å². The number of rotatable bonds is 6. The second-order valence-electron chi connectivity index (χ2n) is 6.21. The summed E-state index contributed by atoms with van der Waals surface area (Å²) in [5.74, 6) is 0.497. The smallest absolute Gasteiger partial charge is 0.0901 e. The maximum Gasteiger partial charge on any atom is 0.114 e. The van der Waals surface area contributed by atoms with Gasteiger partial charge in [-0.2, -0.15) is 0 Å². The molecule has 0 N–H and O–H groups in total. The van der Waals surface area contributed by atoms with Gasteiger partial charge in [-0.05, 0) is 49.7 Å². The summed E-state index contributed by atoms with van der Waals surface area (Å²) >= 11 is 0. The van der Waals surface area contributed by atoms with E-state index in [0.717, 1.165) is 18.3 Å². The van der Waals surface area contributed by atoms with E-state index in [9.17, 15) is 0 Å². The lowest BCUT2D eigenvalue weighted by molar-refractivity contribution is 0.732. The third-order valence-corrected chi connectivity index (χ3v) is 4.26. The van der Waals surface area contributed by atoms with Gasteiger partial charge in [0.25, 0.3) is 0 Å². The lowest BCUT2D eigenvalue weighted by atomic mass is 9.80. The van der Waals surface area contributed by atoms with Crippen LogP contribution in [0.2, 0.25) is 0 Å². The quantitative estimate of drug-likeness (QED) is 0.539. The Morgan fingerprint density at radius 2 is 1.48 bits per heavy atom. The van der Waals surface area contributed by atoms with Gasteiger partial charge in [-0.15, -0.1) is 0 Å². The van der Waals surface area contributed by atoms with Gasteiger partial charge < -0.3 is 0 Å². The van der Waals surface area contributed by atoms with Crippen LogP contribution in [0.1, 0.15) is 54.9 Å². The molecule has 0 unspecified atom stereocenters. The second kappa shape index (κ2) is 7.50. The summed E-state index contributed by atoms with van der Waals surface area (Å²) in [6.07, 6.45) is 4.66. The molecule has 0 aromatic heterocycles. The maximum atomic E-state index is 6.30. The molecular formula is C20H25B. The second-order valence-corrected chi connectivity index (χ2v) is 6.21. The molecule has 0 saturated carbocycles. The predicted molar refractivity (Wildman–Crippen MR) is 93.7 cm³/mol. The number of aryl methyl sites for hydroxylation is 3. The van der Waals surface area contributed by atoms with Gasteiger partial charge in [0.1, 0.15) is 7.85 Å². The highest BCUT2D eigenvalue weighted by molar-refractivity contribution is 6.34. The Balaban J connectivity index is 1.90. The fraction of sp³-hybridized carbons (Fsp3) is 0.400. The van der Waals surface area contributed by atoms with Crippen LogP contribution >= 0.6 is 0 Å². The molecule has 0 aliphatic carbocycles. The molecule has 0 saturated heterocycles. The summed E-state index contributed by atoms with van der Waals surface area (Å²) in [6.45, 7) is 6.60. The molecule has 1 heteroatoms. The number of hydrogen-bond acceptors (Lipinski definition) is 0. The van der Waals surface area contributed by atoms with Gasteiger partial charge >= 0.3 is 0 Å². The van der Waals surface area contributed by atoms with E-state index >= 15 is 0 Å². The standard InChI is InChI=1S/C20H25B/c1-15(2)19-14-8-13-18(20(19)21)12-7-6-11-17-10-5-4-9-16(17)3/h4-5,8-10,13-15H,6-7,11-12H2,1-3H3. The highest BCUT2D eigenvalue weighted by atomic mass is 14.1. The number of unbranched alkanes of at least 4 members (excludes halogenated alkanes) is 1. The Bertz CT molecular complexity index is 584. The molecule has 21 heavy (non-hydrogen) atoms. The molecule has 0 heterocycles. The Morgan fingerprint density at radius 1 is 0.857 bits per heavy atom. The van der Waals surface area contributed by atoms with Crippen LogP contribution in [0.15, 0.2) is 42.5 Å². The first-order valence-corrected chi connectivity index (χ1v) is 8.01. The lowest BCUT2D eigenvalue weighted by Gasteiger charge is -2.14. The third kappa shape index (κ3) is 4.23. The SMILES string of the molecule is [B]c1c(CCCCc2ccccc2C)cccc1C(C)C. The average molecular weight is 276 g/mol. The zero-order valence-electron chi connectivity index (χ0n) is 13.5. The largest absolute Gasteiger partial charge is 0.114 e. The van der Waals surface area contributed by atoms with Gasteiger partial charge in [-0.3, -0.25) is 0 Å². The van der Waals surface area contributed by atoms with Gasteiger partial charge in [0, 0.05) is 0 Å². The molecule has 2 radical (unpaired) electrons. The molecule has 2 rings (SSSR count). The predicted octanol–water partition coefficient (Wildman–Crippen LogP) is 4.48. The van der Waals surface area contributed by atoms with E-state index < -0.39 is 0 Å². The number of benzene rings is 2. The lowest BCUT2D eigenvalue weighted by Crippen LogP contribution is -2.17. The molecule has 2 aromatic rings. The van der Waals surface area contributed by atoms with Crippen molar-refractivity contribution in [3.05, 3.63) is 64.7 Å². The summed E-state index contributed by atoms with van der Waals surface area (Å²) in [5, 5.41) is 0. The van der Waals surface area contributed by atoms with Crippen molar-refractivity contribution in [2.75, 3.05) is 0 Å². The number of hydrogen-bond donors (Lipinski definition) is 0. The molecule has 0 bridgehead atoms. The van der Waals surface area contributed by atoms with Crippen LogP contribution in [-0.2, 0) is 12.8 Å². The Hall–Kier alpha value is -1.50. The van der Waals surface area contributed by atoms with Crippen molar-refractivity contribution in [3.8, 4) is 0 Å². The Morgan fingerprint density at radius 3 is 2.14 bits per heavy atom. The van der Waals surface area contributed by atoms with Crippen molar-refractivity contribution < 1.29 is 0 Å². The zero-order chi connectivity index (χ0) is 15.2. The first-order valence-electron chi connectivity index (χ1n) is 8.01. The molecule has 0 nitrogen and oxygen atoms in total. The van der Waals surface area contributed by atoms with Crippen molar-refractivity contribution in [2.24, 2.45) is 0 Å². The summed E-state index contributed by atoms with van der Waals surface area (Å²) in [7, 11) is 6.30. The maximum absolute atomic E-state index is 6.30. The van der Waals surface area contributed by atoms with Crippen LogP contribution in [0, 0.1) is 6.92 Å². The van der Waals surface area contributed by atoms with Crippen LogP contribution in [0.4, 0.5) is 0 Å². The molecule has 0 atom stereocenters. The van der Waals surface area contributed by atoms with Gasteiger partial charge in [0.15, 0.2) is 0 Å². The molecule has 0 spiro atoms. The Kier molecular flexibility index (Phi) is 5.67. The van der Waals surface area contributed by atoms with E-state index in [-0.39, 0.29) is 0 Å². The minimum absolute atomic E-state index is 0.497. The monoisotopic (exact) mass is 276 g/mol. The van der Waals surface area contributed by atoms with Crippen LogP contribution < -0.4 is 5.46 Å². The van der Waals surface area contributed by atoms with Crippen LogP contribution in [0.25, 0.3) is 0 Å². The first-order chi connectivity index (χ1) is 10.1. The zero-order valence-corrected chi connectivity index (χ0v) is 13.5. The normalized spacial score (nSPS) is 11.0. The minimum Gasteiger partial charge on any atom is -0.0901 e. The summed E-state index contributed by atoms with van der Waals surface area (Å²) in [5.41, 5.74) is 6.47. The van der Waals surface area contributed by atoms with E-state index in [1.54, 1.807) is 0 Å². The highest BCUT2D eigenvalue weighted by Gasteiger charge is 2.06. The van der Waals surface area contributed by atoms with Gasteiger partial charge in [-0.25, -0.2) is 0 Å². The molecule has 0 amide bonds. The molecule has 0 aliphatic rings. The van der Waals surface area contributed by atoms with Crippen molar-refractivity contribution in [2.45, 2.75) is 52.4 Å². The molecule has 0 fully saturated rings. The summed E-state index contributed by atoms with van der Waals surface area (Å²) in [6, 6.07) is 15.1. The van der Waals surface area contributed by atoms with Gasteiger partial charge in [0.05, 0.1) is 0 Å². The van der Waals surface area contributed by atoms with Crippen molar-refractivity contribution in [1.82, 2.24) is 0 Å².